The average molecular weight is 310 g/mol. The molecule has 0 saturated heterocycles. The molecule has 0 atom stereocenters. The topological polar surface area (TPSA) is 34.1 Å². The molecule has 4 heteroatoms. The number of ether oxygens (including phenoxy) is 1. The first-order chi connectivity index (χ1) is 10.8. The average Bonchev–Trinajstić information content (AvgIpc) is 3.07. The first-order valence-corrected chi connectivity index (χ1v) is 8.09. The van der Waals surface area contributed by atoms with Crippen molar-refractivity contribution in [3.05, 3.63) is 76.8 Å². The van der Waals surface area contributed by atoms with Crippen molar-refractivity contribution in [2.75, 3.05) is 5.32 Å². The Bertz CT molecular complexity index is 708. The standard InChI is InChI=1S/C18H18N2OS/c1-14-4-2-3-5-16(14)13-21-17-8-6-15(7-9-17)12-20-18-19-10-11-22-18/h2-11H,12-13H2,1H3,(H,19,20). The normalized spacial score (nSPS) is 10.4. The fourth-order valence-electron chi connectivity index (χ4n) is 2.13. The van der Waals surface area contributed by atoms with Crippen LogP contribution in [0.15, 0.2) is 60.1 Å². The van der Waals surface area contributed by atoms with Crippen LogP contribution in [0.1, 0.15) is 16.7 Å². The molecule has 1 aromatic heterocycles. The van der Waals surface area contributed by atoms with E-state index in [0.29, 0.717) is 6.61 Å². The second kappa shape index (κ2) is 7.09. The van der Waals surface area contributed by atoms with Gasteiger partial charge in [-0.05, 0) is 35.7 Å². The Morgan fingerprint density at radius 2 is 1.91 bits per heavy atom. The van der Waals surface area contributed by atoms with Crippen molar-refractivity contribution in [2.45, 2.75) is 20.1 Å². The second-order valence-corrected chi connectivity index (χ2v) is 5.94. The fraction of sp³-hybridized carbons (Fsp3) is 0.167. The van der Waals surface area contributed by atoms with Gasteiger partial charge in [-0.2, -0.15) is 0 Å². The summed E-state index contributed by atoms with van der Waals surface area (Å²) in [4.78, 5) is 4.20. The number of hydrogen-bond acceptors (Lipinski definition) is 4. The Hall–Kier alpha value is -2.33. The molecule has 2 aromatic carbocycles. The van der Waals surface area contributed by atoms with E-state index >= 15 is 0 Å². The fourth-order valence-corrected chi connectivity index (χ4v) is 2.65. The maximum absolute atomic E-state index is 5.85. The van der Waals surface area contributed by atoms with Gasteiger partial charge in [-0.15, -0.1) is 11.3 Å². The largest absolute Gasteiger partial charge is 0.489 e. The van der Waals surface area contributed by atoms with E-state index in [2.05, 4.69) is 41.5 Å². The molecule has 3 rings (SSSR count). The third-order valence-electron chi connectivity index (χ3n) is 3.46. The molecular formula is C18H18N2OS. The van der Waals surface area contributed by atoms with Crippen LogP contribution in [0, 0.1) is 6.92 Å². The monoisotopic (exact) mass is 310 g/mol. The van der Waals surface area contributed by atoms with Gasteiger partial charge in [-0.3, -0.25) is 0 Å². The minimum absolute atomic E-state index is 0.601. The van der Waals surface area contributed by atoms with Crippen LogP contribution in [0.5, 0.6) is 5.75 Å². The Balaban J connectivity index is 1.54. The molecule has 0 unspecified atom stereocenters. The van der Waals surface area contributed by atoms with E-state index in [1.165, 1.54) is 16.7 Å². The first kappa shape index (κ1) is 14.6. The molecule has 112 valence electrons. The van der Waals surface area contributed by atoms with Gasteiger partial charge in [0.15, 0.2) is 5.13 Å². The molecule has 22 heavy (non-hydrogen) atoms. The number of thiazole rings is 1. The minimum Gasteiger partial charge on any atom is -0.489 e. The van der Waals surface area contributed by atoms with Gasteiger partial charge in [0.2, 0.25) is 0 Å². The maximum Gasteiger partial charge on any atom is 0.182 e. The van der Waals surface area contributed by atoms with Crippen LogP contribution in [0.3, 0.4) is 0 Å². The quantitative estimate of drug-likeness (QED) is 0.720. The van der Waals surface area contributed by atoms with Crippen LogP contribution in [-0.4, -0.2) is 4.98 Å². The third-order valence-corrected chi connectivity index (χ3v) is 4.19. The molecule has 0 radical (unpaired) electrons. The summed E-state index contributed by atoms with van der Waals surface area (Å²) < 4.78 is 5.85. The van der Waals surface area contributed by atoms with E-state index in [1.54, 1.807) is 17.5 Å². The van der Waals surface area contributed by atoms with Crippen LogP contribution < -0.4 is 10.1 Å². The zero-order valence-electron chi connectivity index (χ0n) is 12.5. The third kappa shape index (κ3) is 3.86. The van der Waals surface area contributed by atoms with Gasteiger partial charge in [-0.25, -0.2) is 4.98 Å². The van der Waals surface area contributed by atoms with Crippen LogP contribution >= 0.6 is 11.3 Å². The van der Waals surface area contributed by atoms with Crippen molar-refractivity contribution >= 4 is 16.5 Å². The lowest BCUT2D eigenvalue weighted by Crippen LogP contribution is -2.00. The first-order valence-electron chi connectivity index (χ1n) is 7.21. The number of benzene rings is 2. The number of aromatic nitrogens is 1. The summed E-state index contributed by atoms with van der Waals surface area (Å²) in [5.74, 6) is 0.890. The lowest BCUT2D eigenvalue weighted by atomic mass is 10.1. The zero-order valence-corrected chi connectivity index (χ0v) is 13.3. The summed E-state index contributed by atoms with van der Waals surface area (Å²) in [5, 5.41) is 6.20. The SMILES string of the molecule is Cc1ccccc1COc1ccc(CNc2nccs2)cc1. The molecule has 0 fully saturated rings. The zero-order chi connectivity index (χ0) is 15.2. The summed E-state index contributed by atoms with van der Waals surface area (Å²) in [7, 11) is 0. The smallest absolute Gasteiger partial charge is 0.182 e. The molecule has 0 amide bonds. The van der Waals surface area contributed by atoms with Gasteiger partial charge >= 0.3 is 0 Å². The summed E-state index contributed by atoms with van der Waals surface area (Å²) in [6.07, 6.45) is 1.80. The van der Waals surface area contributed by atoms with Crippen molar-refractivity contribution < 1.29 is 4.74 Å². The predicted octanol–water partition coefficient (Wildman–Crippen LogP) is 4.64. The van der Waals surface area contributed by atoms with Crippen molar-refractivity contribution in [1.82, 2.24) is 4.98 Å². The van der Waals surface area contributed by atoms with Crippen molar-refractivity contribution in [1.29, 1.82) is 0 Å². The van der Waals surface area contributed by atoms with Crippen molar-refractivity contribution in [3.63, 3.8) is 0 Å². The number of aryl methyl sites for hydroxylation is 1. The minimum atomic E-state index is 0.601. The second-order valence-electron chi connectivity index (χ2n) is 5.05. The summed E-state index contributed by atoms with van der Waals surface area (Å²) in [6.45, 7) is 3.47. The molecule has 0 saturated carbocycles. The van der Waals surface area contributed by atoms with E-state index in [4.69, 9.17) is 4.74 Å². The summed E-state index contributed by atoms with van der Waals surface area (Å²) >= 11 is 1.61. The lowest BCUT2D eigenvalue weighted by Gasteiger charge is -2.09. The Kier molecular flexibility index (Phi) is 4.71. The number of nitrogens with one attached hydrogen (secondary N) is 1. The van der Waals surface area contributed by atoms with E-state index in [1.807, 2.05) is 29.6 Å². The van der Waals surface area contributed by atoms with E-state index in [0.717, 1.165) is 17.4 Å². The molecular weight excluding hydrogens is 292 g/mol. The molecule has 0 spiro atoms. The van der Waals surface area contributed by atoms with E-state index in [-0.39, 0.29) is 0 Å². The van der Waals surface area contributed by atoms with Gasteiger partial charge in [0, 0.05) is 18.1 Å². The Morgan fingerprint density at radius 1 is 1.09 bits per heavy atom. The van der Waals surface area contributed by atoms with Gasteiger partial charge in [-0.1, -0.05) is 36.4 Å². The summed E-state index contributed by atoms with van der Waals surface area (Å²) in [6, 6.07) is 16.5. The van der Waals surface area contributed by atoms with Gasteiger partial charge in [0.25, 0.3) is 0 Å². The molecule has 1 N–H and O–H groups in total. The molecule has 0 aliphatic carbocycles. The summed E-state index contributed by atoms with van der Waals surface area (Å²) in [5.41, 5.74) is 3.68. The van der Waals surface area contributed by atoms with Crippen LogP contribution in [0.2, 0.25) is 0 Å². The molecule has 0 bridgehead atoms. The number of hydrogen-bond donors (Lipinski definition) is 1. The van der Waals surface area contributed by atoms with Gasteiger partial charge in [0.1, 0.15) is 12.4 Å². The van der Waals surface area contributed by atoms with E-state index < -0.39 is 0 Å². The number of anilines is 1. The highest BCUT2D eigenvalue weighted by atomic mass is 32.1. The predicted molar refractivity (Wildman–Crippen MR) is 91.4 cm³/mol. The van der Waals surface area contributed by atoms with Crippen molar-refractivity contribution in [3.8, 4) is 5.75 Å². The maximum atomic E-state index is 5.85. The van der Waals surface area contributed by atoms with Gasteiger partial charge < -0.3 is 10.1 Å². The highest BCUT2D eigenvalue weighted by molar-refractivity contribution is 7.13. The number of nitrogens with zero attached hydrogens (tertiary/aromatic N) is 1. The molecule has 3 aromatic rings. The van der Waals surface area contributed by atoms with Crippen LogP contribution in [-0.2, 0) is 13.2 Å². The highest BCUT2D eigenvalue weighted by Gasteiger charge is 2.00. The highest BCUT2D eigenvalue weighted by Crippen LogP contribution is 2.17. The van der Waals surface area contributed by atoms with E-state index in [9.17, 15) is 0 Å². The molecule has 0 aliphatic rings. The molecule has 1 heterocycles. The number of rotatable bonds is 6. The van der Waals surface area contributed by atoms with Crippen LogP contribution in [0.25, 0.3) is 0 Å². The lowest BCUT2D eigenvalue weighted by molar-refractivity contribution is 0.305. The molecule has 0 aliphatic heterocycles. The van der Waals surface area contributed by atoms with Gasteiger partial charge in [0.05, 0.1) is 0 Å². The van der Waals surface area contributed by atoms with Crippen LogP contribution in [0.4, 0.5) is 5.13 Å². The molecule has 3 nitrogen and oxygen atoms in total. The Labute approximate surface area is 134 Å². The Morgan fingerprint density at radius 3 is 2.64 bits per heavy atom. The van der Waals surface area contributed by atoms with Crippen molar-refractivity contribution in [2.24, 2.45) is 0 Å².